The van der Waals surface area contributed by atoms with E-state index in [2.05, 4.69) is 5.32 Å². The second-order valence-electron chi connectivity index (χ2n) is 3.71. The number of carbonyl (C=O) groups is 2. The largest absolute Gasteiger partial charge is 0.478 e. The fourth-order valence-corrected chi connectivity index (χ4v) is 1.11. The third kappa shape index (κ3) is 4.93. The van der Waals surface area contributed by atoms with E-state index >= 15 is 0 Å². The normalized spacial score (nSPS) is 14.0. The number of hydrogen-bond acceptors (Lipinski definition) is 3. The molecular formula is C11H19NO4. The van der Waals surface area contributed by atoms with Crippen LogP contribution in [-0.4, -0.2) is 34.7 Å². The third-order valence-corrected chi connectivity index (χ3v) is 2.34. The van der Waals surface area contributed by atoms with Gasteiger partial charge in [-0.1, -0.05) is 13.3 Å². The van der Waals surface area contributed by atoms with Crippen LogP contribution in [0.15, 0.2) is 11.1 Å². The van der Waals surface area contributed by atoms with Gasteiger partial charge in [0.2, 0.25) is 5.91 Å². The second-order valence-corrected chi connectivity index (χ2v) is 3.71. The summed E-state index contributed by atoms with van der Waals surface area (Å²) in [6.45, 7) is 4.91. The molecule has 92 valence electrons. The van der Waals surface area contributed by atoms with E-state index in [9.17, 15) is 14.7 Å². The van der Waals surface area contributed by atoms with Crippen molar-refractivity contribution in [3.05, 3.63) is 11.1 Å². The van der Waals surface area contributed by atoms with Crippen LogP contribution in [0.5, 0.6) is 0 Å². The van der Waals surface area contributed by atoms with E-state index in [1.165, 1.54) is 13.8 Å². The number of aliphatic hydroxyl groups is 1. The number of carboxylic acid groups (broad SMARTS) is 1. The van der Waals surface area contributed by atoms with Gasteiger partial charge < -0.3 is 15.5 Å². The minimum absolute atomic E-state index is 0.0162. The van der Waals surface area contributed by atoms with Gasteiger partial charge in [-0.05, 0) is 20.3 Å². The molecule has 3 N–H and O–H groups in total. The molecule has 0 fully saturated rings. The molecule has 0 rings (SSSR count). The Balaban J connectivity index is 4.27. The first-order valence-corrected chi connectivity index (χ1v) is 5.27. The Labute approximate surface area is 95.2 Å². The highest BCUT2D eigenvalue weighted by molar-refractivity contribution is 6.01. The molecule has 0 radical (unpaired) electrons. The number of aliphatic carboxylic acids is 1. The molecule has 0 saturated carbocycles. The molecule has 0 aliphatic carbocycles. The second kappa shape index (κ2) is 7.00. The Morgan fingerprint density at radius 3 is 2.25 bits per heavy atom. The maximum atomic E-state index is 11.5. The van der Waals surface area contributed by atoms with E-state index in [4.69, 9.17) is 5.11 Å². The standard InChI is InChI=1S/C11H19NO4/c1-4-5-9(13)6-12-10(14)7(2)8(3)11(15)16/h9,13H,4-6H2,1-3H3,(H,12,14)(H,15,16). The number of rotatable bonds is 6. The maximum Gasteiger partial charge on any atom is 0.331 e. The van der Waals surface area contributed by atoms with Gasteiger partial charge in [-0.2, -0.15) is 0 Å². The number of aliphatic hydroxyl groups excluding tert-OH is 1. The zero-order valence-electron chi connectivity index (χ0n) is 9.91. The monoisotopic (exact) mass is 229 g/mol. The predicted octanol–water partition coefficient (Wildman–Crippen LogP) is 0.685. The molecule has 0 spiro atoms. The van der Waals surface area contributed by atoms with Gasteiger partial charge in [-0.15, -0.1) is 0 Å². The molecule has 0 aromatic rings. The number of nitrogens with one attached hydrogen (secondary N) is 1. The van der Waals surface area contributed by atoms with E-state index in [-0.39, 0.29) is 17.7 Å². The summed E-state index contributed by atoms with van der Waals surface area (Å²) in [6.07, 6.45) is 0.868. The Kier molecular flexibility index (Phi) is 6.41. The molecule has 0 aliphatic heterocycles. The molecule has 5 heteroatoms. The highest BCUT2D eigenvalue weighted by Crippen LogP contribution is 2.03. The van der Waals surface area contributed by atoms with Crippen molar-refractivity contribution in [2.45, 2.75) is 39.7 Å². The first-order chi connectivity index (χ1) is 7.40. The summed E-state index contributed by atoms with van der Waals surface area (Å²) < 4.78 is 0. The van der Waals surface area contributed by atoms with E-state index in [1.807, 2.05) is 6.92 Å². The van der Waals surface area contributed by atoms with Crippen molar-refractivity contribution in [1.82, 2.24) is 5.32 Å². The van der Waals surface area contributed by atoms with Gasteiger partial charge in [-0.3, -0.25) is 4.79 Å². The number of hydrogen-bond donors (Lipinski definition) is 3. The van der Waals surface area contributed by atoms with Crippen LogP contribution >= 0.6 is 0 Å². The zero-order chi connectivity index (χ0) is 12.7. The quantitative estimate of drug-likeness (QED) is 0.585. The van der Waals surface area contributed by atoms with Crippen molar-refractivity contribution in [2.75, 3.05) is 6.54 Å². The molecule has 16 heavy (non-hydrogen) atoms. The molecule has 1 amide bonds. The summed E-state index contributed by atoms with van der Waals surface area (Å²) in [5, 5.41) is 20.5. The van der Waals surface area contributed by atoms with Crippen LogP contribution in [0, 0.1) is 0 Å². The molecule has 1 unspecified atom stereocenters. The lowest BCUT2D eigenvalue weighted by Gasteiger charge is -2.11. The average molecular weight is 229 g/mol. The fourth-order valence-electron chi connectivity index (χ4n) is 1.11. The van der Waals surface area contributed by atoms with Gasteiger partial charge in [0.15, 0.2) is 0 Å². The van der Waals surface area contributed by atoms with E-state index in [0.29, 0.717) is 6.42 Å². The Hall–Kier alpha value is -1.36. The van der Waals surface area contributed by atoms with Crippen LogP contribution in [0.4, 0.5) is 0 Å². The summed E-state index contributed by atoms with van der Waals surface area (Å²) in [6, 6.07) is 0. The van der Waals surface area contributed by atoms with Gasteiger partial charge in [0, 0.05) is 17.7 Å². The van der Waals surface area contributed by atoms with Gasteiger partial charge >= 0.3 is 5.97 Å². The molecule has 0 heterocycles. The summed E-state index contributed by atoms with van der Waals surface area (Å²) in [5.41, 5.74) is 0.179. The average Bonchev–Trinajstić information content (AvgIpc) is 2.24. The molecular weight excluding hydrogens is 210 g/mol. The van der Waals surface area contributed by atoms with Crippen LogP contribution in [0.1, 0.15) is 33.6 Å². The zero-order valence-corrected chi connectivity index (χ0v) is 9.91. The summed E-state index contributed by atoms with van der Waals surface area (Å²) >= 11 is 0. The first kappa shape index (κ1) is 14.6. The van der Waals surface area contributed by atoms with Gasteiger partial charge in [0.1, 0.15) is 0 Å². The minimum Gasteiger partial charge on any atom is -0.478 e. The summed E-state index contributed by atoms with van der Waals surface area (Å²) in [4.78, 5) is 22.1. The molecule has 0 aliphatic rings. The van der Waals surface area contributed by atoms with E-state index < -0.39 is 18.0 Å². The predicted molar refractivity (Wildman–Crippen MR) is 59.9 cm³/mol. The van der Waals surface area contributed by atoms with Gasteiger partial charge in [0.25, 0.3) is 0 Å². The van der Waals surface area contributed by atoms with Crippen molar-refractivity contribution >= 4 is 11.9 Å². The van der Waals surface area contributed by atoms with E-state index in [0.717, 1.165) is 6.42 Å². The SMILES string of the molecule is CCCC(O)CNC(=O)C(C)=C(C)C(=O)O. The Morgan fingerprint density at radius 2 is 1.81 bits per heavy atom. The van der Waals surface area contributed by atoms with Crippen LogP contribution in [0.3, 0.4) is 0 Å². The smallest absolute Gasteiger partial charge is 0.331 e. The van der Waals surface area contributed by atoms with Crippen molar-refractivity contribution in [2.24, 2.45) is 0 Å². The molecule has 0 aromatic carbocycles. The van der Waals surface area contributed by atoms with Crippen LogP contribution in [0.25, 0.3) is 0 Å². The molecule has 1 atom stereocenters. The first-order valence-electron chi connectivity index (χ1n) is 5.27. The number of amides is 1. The highest BCUT2D eigenvalue weighted by atomic mass is 16.4. The van der Waals surface area contributed by atoms with Gasteiger partial charge in [-0.25, -0.2) is 4.79 Å². The molecule has 0 bridgehead atoms. The molecule has 0 aromatic heterocycles. The molecule has 0 saturated heterocycles. The molecule has 5 nitrogen and oxygen atoms in total. The summed E-state index contributed by atoms with van der Waals surface area (Å²) in [7, 11) is 0. The maximum absolute atomic E-state index is 11.5. The van der Waals surface area contributed by atoms with E-state index in [1.54, 1.807) is 0 Å². The Morgan fingerprint density at radius 1 is 1.25 bits per heavy atom. The number of carboxylic acids is 1. The van der Waals surface area contributed by atoms with Crippen molar-refractivity contribution in [1.29, 1.82) is 0 Å². The third-order valence-electron chi connectivity index (χ3n) is 2.34. The van der Waals surface area contributed by atoms with Crippen molar-refractivity contribution < 1.29 is 19.8 Å². The fraction of sp³-hybridized carbons (Fsp3) is 0.636. The highest BCUT2D eigenvalue weighted by Gasteiger charge is 2.13. The van der Waals surface area contributed by atoms with Crippen molar-refractivity contribution in [3.63, 3.8) is 0 Å². The Bertz CT molecular complexity index is 296. The lowest BCUT2D eigenvalue weighted by atomic mass is 10.1. The van der Waals surface area contributed by atoms with Gasteiger partial charge in [0.05, 0.1) is 6.10 Å². The van der Waals surface area contributed by atoms with Crippen LogP contribution < -0.4 is 5.32 Å². The van der Waals surface area contributed by atoms with Crippen LogP contribution in [-0.2, 0) is 9.59 Å². The lowest BCUT2D eigenvalue weighted by molar-refractivity contribution is -0.133. The van der Waals surface area contributed by atoms with Crippen molar-refractivity contribution in [3.8, 4) is 0 Å². The summed E-state index contributed by atoms with van der Waals surface area (Å²) in [5.74, 6) is -1.56. The minimum atomic E-state index is -1.11. The lowest BCUT2D eigenvalue weighted by Crippen LogP contribution is -2.33. The number of carbonyl (C=O) groups excluding carboxylic acids is 1. The topological polar surface area (TPSA) is 86.6 Å². The van der Waals surface area contributed by atoms with Crippen LogP contribution in [0.2, 0.25) is 0 Å².